The summed E-state index contributed by atoms with van der Waals surface area (Å²) in [7, 11) is 4.29. The lowest BCUT2D eigenvalue weighted by Crippen LogP contribution is -2.53. The van der Waals surface area contributed by atoms with E-state index in [4.69, 9.17) is 5.73 Å². The number of amides is 1. The molecule has 0 saturated heterocycles. The van der Waals surface area contributed by atoms with Gasteiger partial charge in [0.25, 0.3) is 0 Å². The van der Waals surface area contributed by atoms with E-state index in [1.165, 1.54) is 32.1 Å². The van der Waals surface area contributed by atoms with Crippen LogP contribution in [0.5, 0.6) is 0 Å². The number of hydrogen-bond donors (Lipinski definition) is 2. The molecule has 0 aromatic carbocycles. The van der Waals surface area contributed by atoms with E-state index < -0.39 is 0 Å². The molecule has 1 aliphatic carbocycles. The second kappa shape index (κ2) is 9.35. The summed E-state index contributed by atoms with van der Waals surface area (Å²) in [6.07, 6.45) is 11.3. The van der Waals surface area contributed by atoms with Crippen molar-refractivity contribution in [1.29, 1.82) is 0 Å². The average Bonchev–Trinajstić information content (AvgIpc) is 2.46. The highest BCUT2D eigenvalue weighted by molar-refractivity contribution is 5.75. The number of likely N-dealkylation sites (N-methyl/N-ethyl adjacent to an activating group) is 1. The van der Waals surface area contributed by atoms with E-state index in [0.717, 1.165) is 38.8 Å². The molecule has 0 radical (unpaired) electrons. The van der Waals surface area contributed by atoms with Gasteiger partial charge in [-0.15, -0.1) is 0 Å². The van der Waals surface area contributed by atoms with Crippen molar-refractivity contribution in [3.05, 3.63) is 0 Å². The SMILES string of the molecule is CN(C)C1(CNC(=O)CCCCCCN)CCCCC1. The highest BCUT2D eigenvalue weighted by atomic mass is 16.1. The molecule has 118 valence electrons. The van der Waals surface area contributed by atoms with Gasteiger partial charge in [0.1, 0.15) is 0 Å². The lowest BCUT2D eigenvalue weighted by molar-refractivity contribution is -0.122. The van der Waals surface area contributed by atoms with Gasteiger partial charge < -0.3 is 16.0 Å². The molecule has 3 N–H and O–H groups in total. The average molecular weight is 283 g/mol. The lowest BCUT2D eigenvalue weighted by atomic mass is 9.80. The van der Waals surface area contributed by atoms with E-state index in [9.17, 15) is 4.79 Å². The zero-order chi connectivity index (χ0) is 14.8. The first-order valence-electron chi connectivity index (χ1n) is 8.25. The van der Waals surface area contributed by atoms with Crippen LogP contribution in [-0.2, 0) is 4.79 Å². The number of nitrogens with one attached hydrogen (secondary N) is 1. The highest BCUT2D eigenvalue weighted by Gasteiger charge is 2.34. The van der Waals surface area contributed by atoms with Crippen LogP contribution in [0.25, 0.3) is 0 Å². The Bertz CT molecular complexity index is 273. The largest absolute Gasteiger partial charge is 0.354 e. The molecule has 4 heteroatoms. The molecule has 1 saturated carbocycles. The molecule has 0 spiro atoms. The minimum absolute atomic E-state index is 0.188. The normalized spacial score (nSPS) is 18.2. The molecule has 20 heavy (non-hydrogen) atoms. The summed E-state index contributed by atoms with van der Waals surface area (Å²) in [6.45, 7) is 1.57. The second-order valence-corrected chi connectivity index (χ2v) is 6.41. The molecule has 0 atom stereocenters. The lowest BCUT2D eigenvalue weighted by Gasteiger charge is -2.43. The molecule has 1 fully saturated rings. The Balaban J connectivity index is 2.23. The van der Waals surface area contributed by atoms with E-state index in [-0.39, 0.29) is 11.4 Å². The van der Waals surface area contributed by atoms with E-state index in [1.54, 1.807) is 0 Å². The summed E-state index contributed by atoms with van der Waals surface area (Å²) in [5.74, 6) is 0.213. The van der Waals surface area contributed by atoms with Crippen molar-refractivity contribution in [2.45, 2.75) is 69.7 Å². The fourth-order valence-corrected chi connectivity index (χ4v) is 3.13. The monoisotopic (exact) mass is 283 g/mol. The summed E-state index contributed by atoms with van der Waals surface area (Å²) in [6, 6.07) is 0. The van der Waals surface area contributed by atoms with Crippen LogP contribution in [0, 0.1) is 0 Å². The third-order valence-corrected chi connectivity index (χ3v) is 4.71. The van der Waals surface area contributed by atoms with E-state index in [1.807, 2.05) is 0 Å². The van der Waals surface area contributed by atoms with Crippen LogP contribution < -0.4 is 11.1 Å². The number of carbonyl (C=O) groups excluding carboxylic acids is 1. The molecule has 0 heterocycles. The van der Waals surface area contributed by atoms with E-state index >= 15 is 0 Å². The summed E-state index contributed by atoms with van der Waals surface area (Å²) in [5.41, 5.74) is 5.65. The van der Waals surface area contributed by atoms with Crippen LogP contribution in [0.4, 0.5) is 0 Å². The van der Waals surface area contributed by atoms with Crippen molar-refractivity contribution in [1.82, 2.24) is 10.2 Å². The van der Waals surface area contributed by atoms with Gasteiger partial charge in [0.15, 0.2) is 0 Å². The number of rotatable bonds is 9. The molecule has 0 aromatic rings. The van der Waals surface area contributed by atoms with Gasteiger partial charge >= 0.3 is 0 Å². The third kappa shape index (κ3) is 5.80. The molecular formula is C16H33N3O. The number of nitrogens with zero attached hydrogens (tertiary/aromatic N) is 1. The zero-order valence-electron chi connectivity index (χ0n) is 13.4. The Morgan fingerprint density at radius 2 is 1.75 bits per heavy atom. The minimum Gasteiger partial charge on any atom is -0.354 e. The first-order chi connectivity index (χ1) is 9.60. The van der Waals surface area contributed by atoms with Gasteiger partial charge in [-0.05, 0) is 46.3 Å². The Kier molecular flexibility index (Phi) is 8.15. The Labute approximate surface area is 124 Å². The van der Waals surface area contributed by atoms with Crippen molar-refractivity contribution < 1.29 is 4.79 Å². The quantitative estimate of drug-likeness (QED) is 0.638. The minimum atomic E-state index is 0.188. The van der Waals surface area contributed by atoms with Gasteiger partial charge in [0, 0.05) is 18.5 Å². The molecule has 1 amide bonds. The maximum atomic E-state index is 11.9. The Morgan fingerprint density at radius 3 is 2.35 bits per heavy atom. The summed E-state index contributed by atoms with van der Waals surface area (Å²) >= 11 is 0. The molecule has 1 aliphatic rings. The highest BCUT2D eigenvalue weighted by Crippen LogP contribution is 2.31. The van der Waals surface area contributed by atoms with Gasteiger partial charge in [0.2, 0.25) is 5.91 Å². The van der Waals surface area contributed by atoms with Crippen molar-refractivity contribution in [3.8, 4) is 0 Å². The maximum Gasteiger partial charge on any atom is 0.220 e. The second-order valence-electron chi connectivity index (χ2n) is 6.41. The maximum absolute atomic E-state index is 11.9. The van der Waals surface area contributed by atoms with E-state index in [0.29, 0.717) is 6.42 Å². The van der Waals surface area contributed by atoms with Gasteiger partial charge in [-0.2, -0.15) is 0 Å². The van der Waals surface area contributed by atoms with Gasteiger partial charge in [-0.3, -0.25) is 4.79 Å². The fraction of sp³-hybridized carbons (Fsp3) is 0.938. The smallest absolute Gasteiger partial charge is 0.220 e. The van der Waals surface area contributed by atoms with Gasteiger partial charge in [-0.25, -0.2) is 0 Å². The molecule has 0 unspecified atom stereocenters. The molecule has 0 bridgehead atoms. The van der Waals surface area contributed by atoms with Crippen LogP contribution in [0.2, 0.25) is 0 Å². The van der Waals surface area contributed by atoms with Crippen LogP contribution in [-0.4, -0.2) is 43.5 Å². The Hall–Kier alpha value is -0.610. The standard InChI is InChI=1S/C16H33N3O/c1-19(2)16(11-7-5-8-12-16)14-18-15(20)10-6-3-4-9-13-17/h3-14,17H2,1-2H3,(H,18,20). The van der Waals surface area contributed by atoms with Gasteiger partial charge in [0.05, 0.1) is 0 Å². The topological polar surface area (TPSA) is 58.4 Å². The molecule has 0 aliphatic heterocycles. The number of nitrogens with two attached hydrogens (primary N) is 1. The summed E-state index contributed by atoms with van der Waals surface area (Å²) < 4.78 is 0. The van der Waals surface area contributed by atoms with Crippen molar-refractivity contribution in [3.63, 3.8) is 0 Å². The molecule has 0 aromatic heterocycles. The number of hydrogen-bond acceptors (Lipinski definition) is 3. The number of unbranched alkanes of at least 4 members (excludes halogenated alkanes) is 3. The first-order valence-corrected chi connectivity index (χ1v) is 8.25. The van der Waals surface area contributed by atoms with Crippen molar-refractivity contribution >= 4 is 5.91 Å². The molecular weight excluding hydrogens is 250 g/mol. The van der Waals surface area contributed by atoms with E-state index in [2.05, 4.69) is 24.3 Å². The summed E-state index contributed by atoms with van der Waals surface area (Å²) in [4.78, 5) is 14.2. The third-order valence-electron chi connectivity index (χ3n) is 4.71. The zero-order valence-corrected chi connectivity index (χ0v) is 13.4. The predicted molar refractivity (Wildman–Crippen MR) is 84.7 cm³/mol. The molecule has 1 rings (SSSR count). The predicted octanol–water partition coefficient (Wildman–Crippen LogP) is 2.28. The van der Waals surface area contributed by atoms with Crippen LogP contribution in [0.1, 0.15) is 64.2 Å². The first kappa shape index (κ1) is 17.4. The van der Waals surface area contributed by atoms with Crippen LogP contribution in [0.15, 0.2) is 0 Å². The Morgan fingerprint density at radius 1 is 1.10 bits per heavy atom. The number of carbonyl (C=O) groups is 1. The van der Waals surface area contributed by atoms with Crippen molar-refractivity contribution in [2.75, 3.05) is 27.2 Å². The summed E-state index contributed by atoms with van der Waals surface area (Å²) in [5, 5.41) is 3.16. The van der Waals surface area contributed by atoms with Crippen LogP contribution in [0.3, 0.4) is 0 Å². The fourth-order valence-electron chi connectivity index (χ4n) is 3.13. The van der Waals surface area contributed by atoms with Crippen molar-refractivity contribution in [2.24, 2.45) is 5.73 Å². The van der Waals surface area contributed by atoms with Gasteiger partial charge in [-0.1, -0.05) is 32.1 Å². The molecule has 4 nitrogen and oxygen atoms in total. The van der Waals surface area contributed by atoms with Crippen LogP contribution >= 0.6 is 0 Å².